The van der Waals surface area contributed by atoms with Crippen LogP contribution in [-0.2, 0) is 14.4 Å². The van der Waals surface area contributed by atoms with Gasteiger partial charge in [0.05, 0.1) is 17.3 Å². The molecular weight excluding hydrogens is 444 g/mol. The lowest BCUT2D eigenvalue weighted by atomic mass is 10.1. The van der Waals surface area contributed by atoms with Crippen molar-refractivity contribution in [3.05, 3.63) is 58.6 Å². The van der Waals surface area contributed by atoms with Gasteiger partial charge in [0.25, 0.3) is 11.8 Å². The van der Waals surface area contributed by atoms with E-state index in [0.717, 1.165) is 0 Å². The van der Waals surface area contributed by atoms with Crippen LogP contribution in [0.2, 0.25) is 5.02 Å². The summed E-state index contributed by atoms with van der Waals surface area (Å²) in [6.45, 7) is 1.75. The fourth-order valence-corrected chi connectivity index (χ4v) is 3.33. The van der Waals surface area contributed by atoms with Gasteiger partial charge in [-0.3, -0.25) is 19.8 Å². The van der Waals surface area contributed by atoms with Gasteiger partial charge in [0, 0.05) is 6.07 Å². The van der Waals surface area contributed by atoms with Crippen molar-refractivity contribution in [1.82, 2.24) is 5.32 Å². The van der Waals surface area contributed by atoms with Gasteiger partial charge in [0.2, 0.25) is 0 Å². The molecule has 10 heteroatoms. The number of nitrogens with one attached hydrogen (secondary N) is 1. The number of nitrogens with zero attached hydrogens (tertiary/aromatic N) is 1. The number of carboxylic acids is 1. The van der Waals surface area contributed by atoms with Crippen molar-refractivity contribution >= 4 is 58.5 Å². The number of ether oxygens (including phenoxy) is 2. The standard InChI is InChI=1S/C21H17ClN2O6S/c1-2-29-14-5-3-4-13(10-14)24-20(28)15(19(27)23-21(24)31)8-12-6-7-17(16(22)9-12)30-11-18(25)26/h3-10H,2,11H2,1H3,(H,25,26)(H,23,27,31). The van der Waals surface area contributed by atoms with Gasteiger partial charge in [-0.25, -0.2) is 4.79 Å². The zero-order chi connectivity index (χ0) is 22.5. The second-order valence-electron chi connectivity index (χ2n) is 6.26. The molecular formula is C21H17ClN2O6S. The van der Waals surface area contributed by atoms with Crippen molar-refractivity contribution in [3.8, 4) is 11.5 Å². The third kappa shape index (κ3) is 5.19. The van der Waals surface area contributed by atoms with E-state index in [2.05, 4.69) is 5.32 Å². The quantitative estimate of drug-likeness (QED) is 0.371. The molecule has 0 saturated carbocycles. The lowest BCUT2D eigenvalue weighted by Crippen LogP contribution is -2.54. The van der Waals surface area contributed by atoms with Gasteiger partial charge in [-0.2, -0.15) is 0 Å². The fourth-order valence-electron chi connectivity index (χ4n) is 2.80. The number of hydrogen-bond donors (Lipinski definition) is 2. The maximum atomic E-state index is 13.1. The maximum Gasteiger partial charge on any atom is 0.341 e. The number of hydrogen-bond acceptors (Lipinski definition) is 6. The Bertz CT molecular complexity index is 1100. The molecule has 0 atom stereocenters. The monoisotopic (exact) mass is 460 g/mol. The largest absolute Gasteiger partial charge is 0.494 e. The summed E-state index contributed by atoms with van der Waals surface area (Å²) in [6, 6.07) is 11.2. The highest BCUT2D eigenvalue weighted by atomic mass is 35.5. The minimum absolute atomic E-state index is 0.0451. The van der Waals surface area contributed by atoms with Crippen LogP contribution in [0.4, 0.5) is 5.69 Å². The lowest BCUT2D eigenvalue weighted by Gasteiger charge is -2.29. The van der Waals surface area contributed by atoms with E-state index < -0.39 is 24.4 Å². The number of amides is 2. The van der Waals surface area contributed by atoms with Gasteiger partial charge in [-0.15, -0.1) is 0 Å². The zero-order valence-corrected chi connectivity index (χ0v) is 17.8. The first kappa shape index (κ1) is 22.3. The van der Waals surface area contributed by atoms with Crippen molar-refractivity contribution < 1.29 is 29.0 Å². The first-order chi connectivity index (χ1) is 14.8. The molecule has 160 valence electrons. The van der Waals surface area contributed by atoms with Gasteiger partial charge in [-0.05, 0) is 55.0 Å². The number of rotatable bonds is 7. The summed E-state index contributed by atoms with van der Waals surface area (Å²) in [5.74, 6) is -1.67. The molecule has 0 aliphatic carbocycles. The summed E-state index contributed by atoms with van der Waals surface area (Å²) in [6.07, 6.45) is 1.37. The number of carbonyl (C=O) groups is 3. The Morgan fingerprint density at radius 2 is 2.00 bits per heavy atom. The molecule has 0 spiro atoms. The molecule has 0 bridgehead atoms. The van der Waals surface area contributed by atoms with Crippen LogP contribution in [0.15, 0.2) is 48.0 Å². The van der Waals surface area contributed by atoms with Crippen LogP contribution in [0.1, 0.15) is 12.5 Å². The zero-order valence-electron chi connectivity index (χ0n) is 16.3. The molecule has 1 heterocycles. The van der Waals surface area contributed by atoms with Gasteiger partial charge in [0.1, 0.15) is 17.1 Å². The molecule has 0 unspecified atom stereocenters. The van der Waals surface area contributed by atoms with Crippen molar-refractivity contribution in [3.63, 3.8) is 0 Å². The van der Waals surface area contributed by atoms with Gasteiger partial charge >= 0.3 is 5.97 Å². The molecule has 0 aromatic heterocycles. The van der Waals surface area contributed by atoms with Crippen molar-refractivity contribution in [2.24, 2.45) is 0 Å². The van der Waals surface area contributed by atoms with E-state index >= 15 is 0 Å². The third-order valence-corrected chi connectivity index (χ3v) is 4.69. The highest BCUT2D eigenvalue weighted by Gasteiger charge is 2.34. The summed E-state index contributed by atoms with van der Waals surface area (Å²) in [5.41, 5.74) is 0.745. The molecule has 1 aliphatic rings. The smallest absolute Gasteiger partial charge is 0.341 e. The molecule has 3 rings (SSSR count). The van der Waals surface area contributed by atoms with Gasteiger partial charge < -0.3 is 14.6 Å². The first-order valence-corrected chi connectivity index (χ1v) is 9.87. The molecule has 1 aliphatic heterocycles. The van der Waals surface area contributed by atoms with E-state index in [1.807, 2.05) is 6.92 Å². The molecule has 8 nitrogen and oxygen atoms in total. The number of aliphatic carboxylic acids is 1. The van der Waals surface area contributed by atoms with Crippen LogP contribution in [0, 0.1) is 0 Å². The van der Waals surface area contributed by atoms with Crippen molar-refractivity contribution in [1.29, 1.82) is 0 Å². The second-order valence-corrected chi connectivity index (χ2v) is 7.05. The number of anilines is 1. The number of halogens is 1. The summed E-state index contributed by atoms with van der Waals surface area (Å²) in [5, 5.41) is 11.3. The highest BCUT2D eigenvalue weighted by Crippen LogP contribution is 2.28. The Balaban J connectivity index is 1.91. The van der Waals surface area contributed by atoms with E-state index in [0.29, 0.717) is 23.6 Å². The molecule has 2 amide bonds. The predicted octanol–water partition coefficient (Wildman–Crippen LogP) is 3.03. The van der Waals surface area contributed by atoms with E-state index in [1.165, 1.54) is 23.1 Å². The Morgan fingerprint density at radius 3 is 2.68 bits per heavy atom. The molecule has 0 radical (unpaired) electrons. The maximum absolute atomic E-state index is 13.1. The highest BCUT2D eigenvalue weighted by molar-refractivity contribution is 7.80. The van der Waals surface area contributed by atoms with Crippen molar-refractivity contribution in [2.45, 2.75) is 6.92 Å². The van der Waals surface area contributed by atoms with Crippen LogP contribution in [0.25, 0.3) is 6.08 Å². The number of benzene rings is 2. The Kier molecular flexibility index (Phi) is 6.88. The number of carbonyl (C=O) groups excluding carboxylic acids is 2. The Hall–Kier alpha value is -3.43. The lowest BCUT2D eigenvalue weighted by molar-refractivity contribution is -0.139. The van der Waals surface area contributed by atoms with E-state index in [1.54, 1.807) is 30.3 Å². The third-order valence-electron chi connectivity index (χ3n) is 4.11. The second kappa shape index (κ2) is 9.59. The van der Waals surface area contributed by atoms with Crippen LogP contribution >= 0.6 is 23.8 Å². The molecule has 2 N–H and O–H groups in total. The molecule has 2 aromatic rings. The predicted molar refractivity (Wildman–Crippen MR) is 118 cm³/mol. The average molecular weight is 461 g/mol. The average Bonchev–Trinajstić information content (AvgIpc) is 2.71. The summed E-state index contributed by atoms with van der Waals surface area (Å²) < 4.78 is 10.5. The minimum Gasteiger partial charge on any atom is -0.494 e. The molecule has 2 aromatic carbocycles. The number of carboxylic acid groups (broad SMARTS) is 1. The SMILES string of the molecule is CCOc1cccc(N2C(=O)C(=Cc3ccc(OCC(=O)O)c(Cl)c3)C(=O)NC2=S)c1. The van der Waals surface area contributed by atoms with Crippen LogP contribution < -0.4 is 19.7 Å². The molecule has 1 fully saturated rings. The number of thiocarbonyl (C=S) groups is 1. The topological polar surface area (TPSA) is 105 Å². The minimum atomic E-state index is -1.14. The Morgan fingerprint density at radius 1 is 1.23 bits per heavy atom. The van der Waals surface area contributed by atoms with Gasteiger partial charge in [0.15, 0.2) is 11.7 Å². The molecule has 1 saturated heterocycles. The van der Waals surface area contributed by atoms with Crippen LogP contribution in [0.3, 0.4) is 0 Å². The van der Waals surface area contributed by atoms with Crippen LogP contribution in [0.5, 0.6) is 11.5 Å². The van der Waals surface area contributed by atoms with Gasteiger partial charge in [-0.1, -0.05) is 23.7 Å². The summed E-state index contributed by atoms with van der Waals surface area (Å²) >= 11 is 11.3. The van der Waals surface area contributed by atoms with Crippen molar-refractivity contribution in [2.75, 3.05) is 18.1 Å². The molecule has 31 heavy (non-hydrogen) atoms. The first-order valence-electron chi connectivity index (χ1n) is 9.08. The Labute approximate surface area is 188 Å². The summed E-state index contributed by atoms with van der Waals surface area (Å²) in [4.78, 5) is 37.4. The van der Waals surface area contributed by atoms with Crippen LogP contribution in [-0.4, -0.2) is 41.2 Å². The fraction of sp³-hybridized carbons (Fsp3) is 0.143. The van der Waals surface area contributed by atoms with E-state index in [4.69, 9.17) is 38.4 Å². The van der Waals surface area contributed by atoms with E-state index in [9.17, 15) is 14.4 Å². The normalized spacial score (nSPS) is 15.1. The summed E-state index contributed by atoms with van der Waals surface area (Å²) in [7, 11) is 0. The van der Waals surface area contributed by atoms with E-state index in [-0.39, 0.29) is 21.5 Å².